The molecule has 0 saturated heterocycles. The van der Waals surface area contributed by atoms with Crippen LogP contribution in [0, 0.1) is 0 Å². The zero-order valence-corrected chi connectivity index (χ0v) is 18.4. The quantitative estimate of drug-likeness (QED) is 0.532. The SMILES string of the molecule is CC(C(=O)Nc1ccc(Cl)cc1C(F)(F)F)S(=O)(=O)Cc1nccn1Cc1ccccc1. The van der Waals surface area contributed by atoms with Gasteiger partial charge in [-0.1, -0.05) is 41.9 Å². The zero-order valence-electron chi connectivity index (χ0n) is 16.8. The number of aromatic nitrogens is 2. The monoisotopic (exact) mass is 485 g/mol. The van der Waals surface area contributed by atoms with Crippen LogP contribution in [0.2, 0.25) is 5.02 Å². The summed E-state index contributed by atoms with van der Waals surface area (Å²) in [6, 6.07) is 12.1. The van der Waals surface area contributed by atoms with Crippen molar-refractivity contribution < 1.29 is 26.4 Å². The lowest BCUT2D eigenvalue weighted by molar-refractivity contribution is -0.137. The molecule has 0 aliphatic carbocycles. The molecule has 1 aromatic heterocycles. The number of benzene rings is 2. The fourth-order valence-electron chi connectivity index (χ4n) is 2.97. The summed E-state index contributed by atoms with van der Waals surface area (Å²) in [4.78, 5) is 16.6. The van der Waals surface area contributed by atoms with Crippen LogP contribution in [-0.2, 0) is 33.1 Å². The van der Waals surface area contributed by atoms with Crippen LogP contribution in [0.25, 0.3) is 0 Å². The molecule has 6 nitrogen and oxygen atoms in total. The Morgan fingerprint density at radius 1 is 1.19 bits per heavy atom. The first-order valence-electron chi connectivity index (χ1n) is 9.40. The lowest BCUT2D eigenvalue weighted by Crippen LogP contribution is -2.34. The Hall–Kier alpha value is -2.85. The van der Waals surface area contributed by atoms with E-state index in [-0.39, 0.29) is 10.8 Å². The second-order valence-electron chi connectivity index (χ2n) is 7.08. The van der Waals surface area contributed by atoms with Gasteiger partial charge in [-0.2, -0.15) is 13.2 Å². The highest BCUT2D eigenvalue weighted by molar-refractivity contribution is 7.92. The van der Waals surface area contributed by atoms with E-state index in [9.17, 15) is 26.4 Å². The van der Waals surface area contributed by atoms with E-state index in [4.69, 9.17) is 11.6 Å². The van der Waals surface area contributed by atoms with Crippen molar-refractivity contribution in [2.24, 2.45) is 0 Å². The van der Waals surface area contributed by atoms with Crippen molar-refractivity contribution in [2.75, 3.05) is 5.32 Å². The Morgan fingerprint density at radius 2 is 1.88 bits per heavy atom. The number of carbonyl (C=O) groups is 1. The number of carbonyl (C=O) groups excluding carboxylic acids is 1. The number of anilines is 1. The molecule has 32 heavy (non-hydrogen) atoms. The minimum Gasteiger partial charge on any atom is -0.330 e. The van der Waals surface area contributed by atoms with Crippen LogP contribution >= 0.6 is 11.6 Å². The van der Waals surface area contributed by atoms with Gasteiger partial charge in [0, 0.05) is 24.0 Å². The summed E-state index contributed by atoms with van der Waals surface area (Å²) >= 11 is 5.63. The maximum Gasteiger partial charge on any atom is 0.418 e. The fourth-order valence-corrected chi connectivity index (χ4v) is 4.37. The fraction of sp³-hybridized carbons (Fsp3) is 0.238. The highest BCUT2D eigenvalue weighted by Crippen LogP contribution is 2.36. The van der Waals surface area contributed by atoms with Gasteiger partial charge >= 0.3 is 6.18 Å². The van der Waals surface area contributed by atoms with Crippen molar-refractivity contribution >= 4 is 33.0 Å². The average molecular weight is 486 g/mol. The van der Waals surface area contributed by atoms with Crippen molar-refractivity contribution in [3.05, 3.63) is 82.9 Å². The van der Waals surface area contributed by atoms with Crippen LogP contribution in [0.5, 0.6) is 0 Å². The number of sulfone groups is 1. The summed E-state index contributed by atoms with van der Waals surface area (Å²) in [6.45, 7) is 1.50. The number of rotatable bonds is 7. The Morgan fingerprint density at radius 3 is 2.53 bits per heavy atom. The Bertz CT molecular complexity index is 1210. The molecule has 1 N–H and O–H groups in total. The molecule has 0 saturated carbocycles. The van der Waals surface area contributed by atoms with Crippen LogP contribution in [-0.4, -0.2) is 29.1 Å². The van der Waals surface area contributed by atoms with Gasteiger partial charge in [-0.15, -0.1) is 0 Å². The first kappa shape index (κ1) is 23.8. The van der Waals surface area contributed by atoms with Gasteiger partial charge in [-0.05, 0) is 30.7 Å². The molecule has 0 aliphatic rings. The maximum absolute atomic E-state index is 13.3. The molecule has 2 aromatic carbocycles. The summed E-state index contributed by atoms with van der Waals surface area (Å²) in [5, 5.41) is 0.285. The van der Waals surface area contributed by atoms with Crippen molar-refractivity contribution in [1.82, 2.24) is 9.55 Å². The van der Waals surface area contributed by atoms with E-state index in [2.05, 4.69) is 10.3 Å². The summed E-state index contributed by atoms with van der Waals surface area (Å²) in [7, 11) is -4.08. The third kappa shape index (κ3) is 5.68. The molecule has 11 heteroatoms. The lowest BCUT2D eigenvalue weighted by Gasteiger charge is -2.17. The minimum atomic E-state index is -4.78. The maximum atomic E-state index is 13.3. The number of imidazole rings is 1. The molecule has 0 spiro atoms. The number of amides is 1. The average Bonchev–Trinajstić information content (AvgIpc) is 3.14. The van der Waals surface area contributed by atoms with Gasteiger partial charge in [0.2, 0.25) is 5.91 Å². The van der Waals surface area contributed by atoms with E-state index in [0.29, 0.717) is 12.6 Å². The molecule has 3 aromatic rings. The third-order valence-electron chi connectivity index (χ3n) is 4.78. The summed E-state index contributed by atoms with van der Waals surface area (Å²) in [5.41, 5.74) is -0.807. The van der Waals surface area contributed by atoms with Crippen molar-refractivity contribution in [1.29, 1.82) is 0 Å². The Kier molecular flexibility index (Phi) is 6.94. The highest BCUT2D eigenvalue weighted by Gasteiger charge is 2.36. The molecule has 0 radical (unpaired) electrons. The molecule has 0 aliphatic heterocycles. The van der Waals surface area contributed by atoms with Crippen molar-refractivity contribution in [2.45, 2.75) is 30.6 Å². The molecular weight excluding hydrogens is 467 g/mol. The molecule has 1 heterocycles. The molecule has 1 amide bonds. The summed E-state index contributed by atoms with van der Waals surface area (Å²) in [6.07, 6.45) is -1.72. The Balaban J connectivity index is 1.77. The molecule has 1 atom stereocenters. The van der Waals surface area contributed by atoms with Gasteiger partial charge < -0.3 is 9.88 Å². The van der Waals surface area contributed by atoms with E-state index in [1.54, 1.807) is 10.8 Å². The molecule has 170 valence electrons. The van der Waals surface area contributed by atoms with Crippen LogP contribution in [0.3, 0.4) is 0 Å². The topological polar surface area (TPSA) is 81.1 Å². The molecule has 0 bridgehead atoms. The first-order valence-corrected chi connectivity index (χ1v) is 11.5. The number of hydrogen-bond donors (Lipinski definition) is 1. The van der Waals surface area contributed by atoms with Gasteiger partial charge in [0.1, 0.15) is 16.8 Å². The van der Waals surface area contributed by atoms with Crippen LogP contribution < -0.4 is 5.32 Å². The van der Waals surface area contributed by atoms with E-state index >= 15 is 0 Å². The minimum absolute atomic E-state index is 0.166. The smallest absolute Gasteiger partial charge is 0.330 e. The number of hydrogen-bond acceptors (Lipinski definition) is 4. The highest BCUT2D eigenvalue weighted by atomic mass is 35.5. The molecular formula is C21H19ClF3N3O3S. The standard InChI is InChI=1S/C21H19ClF3N3O3S/c1-14(20(29)27-18-8-7-16(22)11-17(18)21(23,24)25)32(30,31)13-19-26-9-10-28(19)12-15-5-3-2-4-6-15/h2-11,14H,12-13H2,1H3,(H,27,29). The first-order chi connectivity index (χ1) is 15.0. The van der Waals surface area contributed by atoms with Crippen LogP contribution in [0.15, 0.2) is 60.9 Å². The zero-order chi connectivity index (χ0) is 23.5. The molecule has 1 unspecified atom stereocenters. The van der Waals surface area contributed by atoms with Crippen LogP contribution in [0.4, 0.5) is 18.9 Å². The third-order valence-corrected chi connectivity index (χ3v) is 6.97. The molecule has 3 rings (SSSR count). The van der Waals surface area contributed by atoms with Gasteiger partial charge in [-0.25, -0.2) is 13.4 Å². The van der Waals surface area contributed by atoms with Crippen LogP contribution in [0.1, 0.15) is 23.9 Å². The number of nitrogens with zero attached hydrogens (tertiary/aromatic N) is 2. The molecule has 0 fully saturated rings. The summed E-state index contributed by atoms with van der Waals surface area (Å²) < 4.78 is 67.0. The number of halogens is 4. The van der Waals surface area contributed by atoms with Gasteiger partial charge in [0.25, 0.3) is 0 Å². The van der Waals surface area contributed by atoms with Gasteiger partial charge in [-0.3, -0.25) is 4.79 Å². The normalized spacial score (nSPS) is 13.0. The van der Waals surface area contributed by atoms with E-state index in [0.717, 1.165) is 18.6 Å². The second kappa shape index (κ2) is 9.33. The van der Waals surface area contributed by atoms with E-state index < -0.39 is 44.2 Å². The predicted molar refractivity (Wildman–Crippen MR) is 115 cm³/mol. The van der Waals surface area contributed by atoms with E-state index in [1.165, 1.54) is 12.3 Å². The largest absolute Gasteiger partial charge is 0.418 e. The number of nitrogens with one attached hydrogen (secondary N) is 1. The number of alkyl halides is 3. The van der Waals surface area contributed by atoms with Gasteiger partial charge in [0.15, 0.2) is 9.84 Å². The van der Waals surface area contributed by atoms with Gasteiger partial charge in [0.05, 0.1) is 11.3 Å². The van der Waals surface area contributed by atoms with Crippen molar-refractivity contribution in [3.63, 3.8) is 0 Å². The Labute approximate surface area is 188 Å². The van der Waals surface area contributed by atoms with Crippen molar-refractivity contribution in [3.8, 4) is 0 Å². The predicted octanol–water partition coefficient (Wildman–Crippen LogP) is 4.55. The van der Waals surface area contributed by atoms with E-state index in [1.807, 2.05) is 30.3 Å². The summed E-state index contributed by atoms with van der Waals surface area (Å²) in [5.74, 6) is -1.41. The second-order valence-corrected chi connectivity index (χ2v) is 9.84. The lowest BCUT2D eigenvalue weighted by atomic mass is 10.1.